The van der Waals surface area contributed by atoms with Crippen molar-refractivity contribution >= 4 is 41.5 Å². The summed E-state index contributed by atoms with van der Waals surface area (Å²) in [7, 11) is 0. The van der Waals surface area contributed by atoms with Crippen molar-refractivity contribution in [2.45, 2.75) is 26.8 Å². The fourth-order valence-corrected chi connectivity index (χ4v) is 2.08. The second-order valence-electron chi connectivity index (χ2n) is 6.04. The predicted octanol–water partition coefficient (Wildman–Crippen LogP) is 2.94. The van der Waals surface area contributed by atoms with Crippen LogP contribution in [0, 0.1) is 5.92 Å². The Kier molecular flexibility index (Phi) is 9.64. The Labute approximate surface area is 171 Å². The molecule has 4 N–H and O–H groups in total. The van der Waals surface area contributed by atoms with Crippen molar-refractivity contribution in [2.75, 3.05) is 11.9 Å². The molecular formula is C19H26IN5O. The van der Waals surface area contributed by atoms with Crippen LogP contribution in [0.4, 0.5) is 5.69 Å². The molecule has 2 aromatic rings. The minimum Gasteiger partial charge on any atom is -0.370 e. The summed E-state index contributed by atoms with van der Waals surface area (Å²) in [4.78, 5) is 20.2. The number of nitrogens with two attached hydrogens (primary N) is 1. The highest BCUT2D eigenvalue weighted by atomic mass is 127. The van der Waals surface area contributed by atoms with Gasteiger partial charge in [0.1, 0.15) is 0 Å². The largest absolute Gasteiger partial charge is 0.370 e. The van der Waals surface area contributed by atoms with Gasteiger partial charge in [-0.2, -0.15) is 0 Å². The summed E-state index contributed by atoms with van der Waals surface area (Å²) < 4.78 is 0. The number of pyridine rings is 1. The molecule has 0 atom stereocenters. The number of nitrogens with zero attached hydrogens (tertiary/aromatic N) is 2. The molecule has 0 aliphatic rings. The van der Waals surface area contributed by atoms with Crippen molar-refractivity contribution < 1.29 is 4.79 Å². The first-order chi connectivity index (χ1) is 12.0. The molecule has 140 valence electrons. The standard InChI is InChI=1S/C19H25N5O.HI/c1-14(2)18(25)24-17-8-6-15(7-9-17)13-23-19(20)22-12-10-16-5-3-4-11-21-16;/h3-9,11,14H,10,12-13H2,1-2H3,(H,24,25)(H3,20,22,23);1H. The summed E-state index contributed by atoms with van der Waals surface area (Å²) >= 11 is 0. The number of amides is 1. The number of carbonyl (C=O) groups is 1. The van der Waals surface area contributed by atoms with Crippen LogP contribution in [0.25, 0.3) is 0 Å². The maximum Gasteiger partial charge on any atom is 0.226 e. The van der Waals surface area contributed by atoms with Crippen LogP contribution in [0.1, 0.15) is 25.1 Å². The Morgan fingerprint density at radius 3 is 2.54 bits per heavy atom. The van der Waals surface area contributed by atoms with E-state index < -0.39 is 0 Å². The number of carbonyl (C=O) groups excluding carboxylic acids is 1. The van der Waals surface area contributed by atoms with Crippen molar-refractivity contribution in [2.24, 2.45) is 16.6 Å². The number of hydrogen-bond acceptors (Lipinski definition) is 3. The molecule has 1 amide bonds. The molecule has 0 aliphatic heterocycles. The van der Waals surface area contributed by atoms with Crippen LogP contribution in [0.5, 0.6) is 0 Å². The smallest absolute Gasteiger partial charge is 0.226 e. The van der Waals surface area contributed by atoms with Gasteiger partial charge in [-0.3, -0.25) is 9.78 Å². The quantitative estimate of drug-likeness (QED) is 0.332. The molecule has 1 heterocycles. The number of benzene rings is 1. The lowest BCUT2D eigenvalue weighted by molar-refractivity contribution is -0.118. The molecule has 2 rings (SSSR count). The Morgan fingerprint density at radius 1 is 1.19 bits per heavy atom. The Hall–Kier alpha value is -2.16. The molecule has 26 heavy (non-hydrogen) atoms. The van der Waals surface area contributed by atoms with Gasteiger partial charge in [-0.15, -0.1) is 24.0 Å². The van der Waals surface area contributed by atoms with Gasteiger partial charge >= 0.3 is 0 Å². The summed E-state index contributed by atoms with van der Waals surface area (Å²) in [6, 6.07) is 13.4. The summed E-state index contributed by atoms with van der Waals surface area (Å²) in [6.45, 7) is 4.90. The van der Waals surface area contributed by atoms with Crippen molar-refractivity contribution in [3.63, 3.8) is 0 Å². The van der Waals surface area contributed by atoms with Gasteiger partial charge in [0, 0.05) is 36.5 Å². The van der Waals surface area contributed by atoms with E-state index in [1.54, 1.807) is 6.20 Å². The van der Waals surface area contributed by atoms with Gasteiger partial charge in [0.05, 0.1) is 6.54 Å². The summed E-state index contributed by atoms with van der Waals surface area (Å²) in [5.41, 5.74) is 8.70. The van der Waals surface area contributed by atoms with E-state index in [0.717, 1.165) is 23.4 Å². The maximum absolute atomic E-state index is 11.7. The van der Waals surface area contributed by atoms with E-state index in [-0.39, 0.29) is 35.8 Å². The number of halogens is 1. The second-order valence-corrected chi connectivity index (χ2v) is 6.04. The highest BCUT2D eigenvalue weighted by molar-refractivity contribution is 14.0. The zero-order valence-corrected chi connectivity index (χ0v) is 17.4. The lowest BCUT2D eigenvalue weighted by Gasteiger charge is -2.08. The van der Waals surface area contributed by atoms with Gasteiger partial charge in [0.15, 0.2) is 5.96 Å². The number of aromatic nitrogens is 1. The zero-order valence-electron chi connectivity index (χ0n) is 15.1. The molecular weight excluding hydrogens is 441 g/mol. The molecule has 0 bridgehead atoms. The minimum absolute atomic E-state index is 0. The van der Waals surface area contributed by atoms with E-state index >= 15 is 0 Å². The molecule has 0 radical (unpaired) electrons. The number of guanidine groups is 1. The van der Waals surface area contributed by atoms with Crippen LogP contribution < -0.4 is 16.4 Å². The number of nitrogens with one attached hydrogen (secondary N) is 2. The summed E-state index contributed by atoms with van der Waals surface area (Å²) in [5, 5.41) is 5.94. The first-order valence-corrected chi connectivity index (χ1v) is 8.38. The van der Waals surface area contributed by atoms with Crippen LogP contribution in [0.3, 0.4) is 0 Å². The Bertz CT molecular complexity index is 702. The van der Waals surface area contributed by atoms with Crippen molar-refractivity contribution in [1.29, 1.82) is 0 Å². The first-order valence-electron chi connectivity index (χ1n) is 8.38. The van der Waals surface area contributed by atoms with Crippen molar-refractivity contribution in [1.82, 2.24) is 10.3 Å². The van der Waals surface area contributed by atoms with Gasteiger partial charge in [0.2, 0.25) is 5.91 Å². The van der Waals surface area contributed by atoms with Crippen LogP contribution in [0.2, 0.25) is 0 Å². The monoisotopic (exact) mass is 467 g/mol. The second kappa shape index (κ2) is 11.5. The summed E-state index contributed by atoms with van der Waals surface area (Å²) in [6.07, 6.45) is 2.57. The summed E-state index contributed by atoms with van der Waals surface area (Å²) in [5.74, 6) is 0.376. The van der Waals surface area contributed by atoms with Crippen LogP contribution in [-0.2, 0) is 17.8 Å². The number of anilines is 1. The lowest BCUT2D eigenvalue weighted by Crippen LogP contribution is -2.33. The van der Waals surface area contributed by atoms with Crippen LogP contribution in [-0.4, -0.2) is 23.4 Å². The van der Waals surface area contributed by atoms with E-state index in [0.29, 0.717) is 19.0 Å². The first kappa shape index (κ1) is 21.9. The van der Waals surface area contributed by atoms with E-state index in [1.807, 2.05) is 56.3 Å². The third kappa shape index (κ3) is 7.81. The fourth-order valence-electron chi connectivity index (χ4n) is 2.08. The van der Waals surface area contributed by atoms with Gasteiger partial charge in [-0.05, 0) is 29.8 Å². The predicted molar refractivity (Wildman–Crippen MR) is 117 cm³/mol. The SMILES string of the molecule is CC(C)C(=O)Nc1ccc(CN=C(N)NCCc2ccccn2)cc1.I. The van der Waals surface area contributed by atoms with Gasteiger partial charge in [0.25, 0.3) is 0 Å². The van der Waals surface area contributed by atoms with Crippen molar-refractivity contribution in [3.05, 3.63) is 59.9 Å². The number of aliphatic imine (C=N–C) groups is 1. The molecule has 6 nitrogen and oxygen atoms in total. The molecule has 1 aromatic heterocycles. The third-order valence-corrected chi connectivity index (χ3v) is 3.59. The normalized spacial score (nSPS) is 11.0. The van der Waals surface area contributed by atoms with Crippen LogP contribution in [0.15, 0.2) is 53.7 Å². The van der Waals surface area contributed by atoms with Gasteiger partial charge in [-0.25, -0.2) is 4.99 Å². The zero-order chi connectivity index (χ0) is 18.1. The topological polar surface area (TPSA) is 92.4 Å². The lowest BCUT2D eigenvalue weighted by atomic mass is 10.2. The molecule has 0 unspecified atom stereocenters. The molecule has 0 saturated heterocycles. The fraction of sp³-hybridized carbons (Fsp3) is 0.316. The van der Waals surface area contributed by atoms with Crippen molar-refractivity contribution in [3.8, 4) is 0 Å². The molecule has 0 fully saturated rings. The molecule has 0 spiro atoms. The van der Waals surface area contributed by atoms with E-state index in [1.165, 1.54) is 0 Å². The highest BCUT2D eigenvalue weighted by Gasteiger charge is 2.06. The molecule has 0 saturated carbocycles. The molecule has 7 heteroatoms. The maximum atomic E-state index is 11.7. The Morgan fingerprint density at radius 2 is 1.92 bits per heavy atom. The van der Waals surface area contributed by atoms with Crippen LogP contribution >= 0.6 is 24.0 Å². The van der Waals surface area contributed by atoms with E-state index in [9.17, 15) is 4.79 Å². The molecule has 0 aliphatic carbocycles. The van der Waals surface area contributed by atoms with Gasteiger partial charge < -0.3 is 16.4 Å². The number of rotatable bonds is 7. The third-order valence-electron chi connectivity index (χ3n) is 3.59. The van der Waals surface area contributed by atoms with E-state index in [4.69, 9.17) is 5.73 Å². The average Bonchev–Trinajstić information content (AvgIpc) is 2.62. The number of hydrogen-bond donors (Lipinski definition) is 3. The Balaban J connectivity index is 0.00000338. The van der Waals surface area contributed by atoms with Gasteiger partial charge in [-0.1, -0.05) is 32.0 Å². The average molecular weight is 467 g/mol. The highest BCUT2D eigenvalue weighted by Crippen LogP contribution is 2.11. The minimum atomic E-state index is -0.0405. The molecule has 1 aromatic carbocycles. The van der Waals surface area contributed by atoms with E-state index in [2.05, 4.69) is 20.6 Å².